The number of aliphatic hydroxyl groups excluding tert-OH is 1. The highest BCUT2D eigenvalue weighted by molar-refractivity contribution is 7.16. The zero-order valence-electron chi connectivity index (χ0n) is 15.0. The molecule has 3 heterocycles. The lowest BCUT2D eigenvalue weighted by molar-refractivity contribution is 0.186. The van der Waals surface area contributed by atoms with Crippen molar-refractivity contribution in [1.82, 2.24) is 15.1 Å². The molecule has 0 spiro atoms. The van der Waals surface area contributed by atoms with E-state index in [-0.39, 0.29) is 6.17 Å². The highest BCUT2D eigenvalue weighted by Gasteiger charge is 2.31. The number of aromatic nitrogens is 2. The first-order chi connectivity index (χ1) is 12.0. The maximum absolute atomic E-state index is 9.71. The molecule has 25 heavy (non-hydrogen) atoms. The first-order valence-electron chi connectivity index (χ1n) is 8.97. The van der Waals surface area contributed by atoms with Crippen molar-refractivity contribution in [3.05, 3.63) is 33.5 Å². The van der Waals surface area contributed by atoms with Crippen molar-refractivity contribution >= 4 is 22.3 Å². The number of hydrogen-bond donors (Lipinski definition) is 3. The molecule has 0 radical (unpaired) electrons. The van der Waals surface area contributed by atoms with E-state index < -0.39 is 6.10 Å². The molecular weight excluding hydrogens is 334 g/mol. The number of rotatable bonds is 3. The highest BCUT2D eigenvalue weighted by Crippen LogP contribution is 2.43. The van der Waals surface area contributed by atoms with Crippen LogP contribution in [0.2, 0.25) is 0 Å². The number of nitrogens with zero attached hydrogens (tertiary/aromatic N) is 3. The second-order valence-electron chi connectivity index (χ2n) is 7.03. The summed E-state index contributed by atoms with van der Waals surface area (Å²) in [5, 5.41) is 22.4. The van der Waals surface area contributed by atoms with Crippen LogP contribution in [-0.4, -0.2) is 33.5 Å². The van der Waals surface area contributed by atoms with Crippen LogP contribution in [0.3, 0.4) is 0 Å². The topological polar surface area (TPSA) is 74.5 Å². The Hall–Kier alpha value is -1.70. The molecule has 0 aromatic carbocycles. The Morgan fingerprint density at radius 1 is 1.40 bits per heavy atom. The predicted octanol–water partition coefficient (Wildman–Crippen LogP) is 2.74. The first kappa shape index (κ1) is 16.8. The number of aliphatic imine (C=N–C) groups is 1. The molecule has 134 valence electrons. The summed E-state index contributed by atoms with van der Waals surface area (Å²) < 4.78 is 1.87. The monoisotopic (exact) mass is 359 g/mol. The molecule has 2 aromatic rings. The summed E-state index contributed by atoms with van der Waals surface area (Å²) in [4.78, 5) is 6.39. The standard InChI is InChI=1S/C18H25N5OS/c1-10-8-11(2)23(22-10)18-20-16(19-9-12(3)24)15-13-6-4-5-7-14(13)25-17(15)21-18/h8,12,16,19,24H,4-7,9H2,1-3H3,(H,20,21). The summed E-state index contributed by atoms with van der Waals surface area (Å²) in [5.41, 5.74) is 4.76. The van der Waals surface area contributed by atoms with Gasteiger partial charge in [0.15, 0.2) is 0 Å². The van der Waals surface area contributed by atoms with Gasteiger partial charge in [0.25, 0.3) is 0 Å². The van der Waals surface area contributed by atoms with Crippen molar-refractivity contribution in [2.75, 3.05) is 11.9 Å². The van der Waals surface area contributed by atoms with Crippen LogP contribution >= 0.6 is 11.3 Å². The number of fused-ring (bicyclic) bond motifs is 3. The van der Waals surface area contributed by atoms with E-state index in [4.69, 9.17) is 4.99 Å². The largest absolute Gasteiger partial charge is 0.392 e. The molecule has 0 saturated heterocycles. The number of aryl methyl sites for hydroxylation is 3. The van der Waals surface area contributed by atoms with Gasteiger partial charge in [-0.25, -0.2) is 9.67 Å². The molecule has 0 bridgehead atoms. The van der Waals surface area contributed by atoms with Gasteiger partial charge >= 0.3 is 0 Å². The molecule has 1 aliphatic heterocycles. The van der Waals surface area contributed by atoms with Crippen LogP contribution in [0.15, 0.2) is 11.1 Å². The Balaban J connectivity index is 1.74. The molecule has 0 saturated carbocycles. The summed E-state index contributed by atoms with van der Waals surface area (Å²) >= 11 is 1.85. The molecule has 3 N–H and O–H groups in total. The number of hydrogen-bond acceptors (Lipinski definition) is 6. The maximum atomic E-state index is 9.71. The van der Waals surface area contributed by atoms with Crippen LogP contribution in [-0.2, 0) is 12.8 Å². The van der Waals surface area contributed by atoms with Gasteiger partial charge in [-0.05, 0) is 58.1 Å². The fourth-order valence-electron chi connectivity index (χ4n) is 3.67. The van der Waals surface area contributed by atoms with E-state index in [0.717, 1.165) is 30.2 Å². The third-order valence-corrected chi connectivity index (χ3v) is 6.00. The molecule has 7 heteroatoms. The molecule has 0 fully saturated rings. The number of anilines is 1. The third-order valence-electron chi connectivity index (χ3n) is 4.78. The molecule has 2 atom stereocenters. The van der Waals surface area contributed by atoms with Crippen LogP contribution in [0.4, 0.5) is 5.00 Å². The Morgan fingerprint density at radius 2 is 2.20 bits per heavy atom. The second kappa shape index (κ2) is 6.55. The summed E-state index contributed by atoms with van der Waals surface area (Å²) in [7, 11) is 0. The Labute approximate surface area is 152 Å². The fourth-order valence-corrected chi connectivity index (χ4v) is 4.99. The van der Waals surface area contributed by atoms with Gasteiger partial charge in [-0.3, -0.25) is 5.32 Å². The van der Waals surface area contributed by atoms with E-state index in [2.05, 4.69) is 21.8 Å². The minimum atomic E-state index is -0.403. The fraction of sp³-hybridized carbons (Fsp3) is 0.556. The van der Waals surface area contributed by atoms with Crippen molar-refractivity contribution < 1.29 is 5.11 Å². The van der Waals surface area contributed by atoms with Crippen LogP contribution in [0.25, 0.3) is 0 Å². The van der Waals surface area contributed by atoms with Gasteiger partial charge < -0.3 is 10.4 Å². The molecule has 2 aromatic heterocycles. The average Bonchev–Trinajstić information content (AvgIpc) is 3.11. The quantitative estimate of drug-likeness (QED) is 0.788. The van der Waals surface area contributed by atoms with Gasteiger partial charge in [0.1, 0.15) is 11.2 Å². The van der Waals surface area contributed by atoms with E-state index in [1.165, 1.54) is 33.8 Å². The van der Waals surface area contributed by atoms with E-state index in [1.807, 2.05) is 29.9 Å². The van der Waals surface area contributed by atoms with E-state index in [1.54, 1.807) is 6.92 Å². The second-order valence-corrected chi connectivity index (χ2v) is 8.14. The first-order valence-corrected chi connectivity index (χ1v) is 9.79. The minimum absolute atomic E-state index is 0.136. The summed E-state index contributed by atoms with van der Waals surface area (Å²) in [6, 6.07) is 2.05. The highest BCUT2D eigenvalue weighted by atomic mass is 32.1. The Kier molecular flexibility index (Phi) is 4.39. The zero-order chi connectivity index (χ0) is 17.6. The van der Waals surface area contributed by atoms with E-state index in [9.17, 15) is 5.11 Å². The van der Waals surface area contributed by atoms with Crippen molar-refractivity contribution in [3.63, 3.8) is 0 Å². The van der Waals surface area contributed by atoms with E-state index >= 15 is 0 Å². The number of thiophene rings is 1. The minimum Gasteiger partial charge on any atom is -0.392 e. The molecule has 6 nitrogen and oxygen atoms in total. The van der Waals surface area contributed by atoms with Crippen LogP contribution in [0, 0.1) is 13.8 Å². The van der Waals surface area contributed by atoms with Crippen molar-refractivity contribution in [3.8, 4) is 0 Å². The van der Waals surface area contributed by atoms with Gasteiger partial charge in [0.2, 0.25) is 5.96 Å². The molecule has 0 amide bonds. The van der Waals surface area contributed by atoms with Crippen molar-refractivity contribution in [2.24, 2.45) is 4.99 Å². The molecule has 2 aliphatic rings. The lowest BCUT2D eigenvalue weighted by Crippen LogP contribution is -2.35. The van der Waals surface area contributed by atoms with Crippen LogP contribution in [0.5, 0.6) is 0 Å². The normalized spacial score (nSPS) is 20.5. The number of nitrogens with one attached hydrogen (secondary N) is 2. The number of aliphatic hydroxyl groups is 1. The molecule has 2 unspecified atom stereocenters. The Morgan fingerprint density at radius 3 is 2.92 bits per heavy atom. The van der Waals surface area contributed by atoms with E-state index in [0.29, 0.717) is 6.54 Å². The smallest absolute Gasteiger partial charge is 0.226 e. The lowest BCUT2D eigenvalue weighted by atomic mass is 9.94. The van der Waals surface area contributed by atoms with Crippen molar-refractivity contribution in [2.45, 2.75) is 58.7 Å². The van der Waals surface area contributed by atoms with Gasteiger partial charge in [-0.1, -0.05) is 0 Å². The molecule has 4 rings (SSSR count). The van der Waals surface area contributed by atoms with Gasteiger partial charge in [0.05, 0.1) is 11.8 Å². The maximum Gasteiger partial charge on any atom is 0.226 e. The Bertz CT molecular complexity index is 820. The van der Waals surface area contributed by atoms with Crippen LogP contribution < -0.4 is 10.6 Å². The van der Waals surface area contributed by atoms with Gasteiger partial charge in [-0.2, -0.15) is 5.10 Å². The zero-order valence-corrected chi connectivity index (χ0v) is 15.8. The third kappa shape index (κ3) is 3.12. The molecule has 1 aliphatic carbocycles. The summed E-state index contributed by atoms with van der Waals surface area (Å²) in [6.07, 6.45) is 4.26. The van der Waals surface area contributed by atoms with Crippen molar-refractivity contribution in [1.29, 1.82) is 0 Å². The van der Waals surface area contributed by atoms with Crippen LogP contribution in [0.1, 0.15) is 53.3 Å². The van der Waals surface area contributed by atoms with Gasteiger partial charge in [0, 0.05) is 22.7 Å². The summed E-state index contributed by atoms with van der Waals surface area (Å²) in [6.45, 7) is 6.34. The average molecular weight is 359 g/mol. The SMILES string of the molecule is Cc1cc(C)n(C2=NC(NCC(C)O)c3c(sc4c3CCCC4)N2)n1. The summed E-state index contributed by atoms with van der Waals surface area (Å²) in [5.74, 6) is 0.750. The predicted molar refractivity (Wildman–Crippen MR) is 102 cm³/mol. The molecular formula is C18H25N5OS. The lowest BCUT2D eigenvalue weighted by Gasteiger charge is -2.26. The van der Waals surface area contributed by atoms with Gasteiger partial charge in [-0.15, -0.1) is 11.3 Å².